The Morgan fingerprint density at radius 3 is 2.79 bits per heavy atom. The zero-order chi connectivity index (χ0) is 14.3. The Hall–Kier alpha value is -1.75. The fraction of sp³-hybridized carbons (Fsp3) is 0.286. The largest absolute Gasteiger partial charge is 0.460 e. The summed E-state index contributed by atoms with van der Waals surface area (Å²) in [6.07, 6.45) is 0. The molecule has 0 spiro atoms. The lowest BCUT2D eigenvalue weighted by Gasteiger charge is -2.06. The van der Waals surface area contributed by atoms with Crippen LogP contribution >= 0.6 is 11.8 Å². The van der Waals surface area contributed by atoms with Gasteiger partial charge in [-0.25, -0.2) is 4.79 Å². The fourth-order valence-electron chi connectivity index (χ4n) is 1.24. The van der Waals surface area contributed by atoms with E-state index in [9.17, 15) is 9.59 Å². The van der Waals surface area contributed by atoms with Crippen molar-refractivity contribution in [1.82, 2.24) is 5.32 Å². The Bertz CT molecular complexity index is 485. The zero-order valence-electron chi connectivity index (χ0n) is 11.1. The van der Waals surface area contributed by atoms with Crippen LogP contribution < -0.4 is 5.32 Å². The number of ether oxygens (including phenoxy) is 1. The minimum atomic E-state index is -0.444. The standard InChI is InChI=1S/C14H17NO3S/c1-10(2)13(16)18-8-7-15-14(17)19-12-6-4-5-11(3)9-12/h4-6,9H,1,7-8H2,2-3H3,(H,15,17). The maximum absolute atomic E-state index is 11.6. The van der Waals surface area contributed by atoms with Crippen LogP contribution in [-0.4, -0.2) is 24.4 Å². The summed E-state index contributed by atoms with van der Waals surface area (Å²) in [6, 6.07) is 7.68. The number of hydrogen-bond donors (Lipinski definition) is 1. The van der Waals surface area contributed by atoms with Crippen LogP contribution in [0.3, 0.4) is 0 Å². The summed E-state index contributed by atoms with van der Waals surface area (Å²) < 4.78 is 4.86. The van der Waals surface area contributed by atoms with Crippen LogP contribution in [0.15, 0.2) is 41.3 Å². The van der Waals surface area contributed by atoms with E-state index in [0.29, 0.717) is 5.57 Å². The van der Waals surface area contributed by atoms with Gasteiger partial charge in [-0.3, -0.25) is 4.79 Å². The van der Waals surface area contributed by atoms with Crippen LogP contribution in [0.2, 0.25) is 0 Å². The lowest BCUT2D eigenvalue weighted by atomic mass is 10.2. The van der Waals surface area contributed by atoms with Crippen molar-refractivity contribution in [3.63, 3.8) is 0 Å². The van der Waals surface area contributed by atoms with Crippen LogP contribution in [0.1, 0.15) is 12.5 Å². The van der Waals surface area contributed by atoms with Gasteiger partial charge in [-0.15, -0.1) is 0 Å². The molecule has 0 heterocycles. The monoisotopic (exact) mass is 279 g/mol. The first-order valence-corrected chi connectivity index (χ1v) is 6.65. The Kier molecular flexibility index (Phi) is 6.15. The average molecular weight is 279 g/mol. The molecular weight excluding hydrogens is 262 g/mol. The first-order chi connectivity index (χ1) is 8.99. The van der Waals surface area contributed by atoms with E-state index in [2.05, 4.69) is 11.9 Å². The minimum Gasteiger partial charge on any atom is -0.460 e. The SMILES string of the molecule is C=C(C)C(=O)OCCNC(=O)Sc1cccc(C)c1. The molecule has 0 atom stereocenters. The lowest BCUT2D eigenvalue weighted by molar-refractivity contribution is -0.138. The van der Waals surface area contributed by atoms with E-state index in [4.69, 9.17) is 4.74 Å². The molecular formula is C14H17NO3S. The second-order valence-corrected chi connectivity index (χ2v) is 5.10. The second-order valence-electron chi connectivity index (χ2n) is 4.05. The molecule has 5 heteroatoms. The quantitative estimate of drug-likeness (QED) is 0.390. The first-order valence-electron chi connectivity index (χ1n) is 5.84. The summed E-state index contributed by atoms with van der Waals surface area (Å²) in [5.74, 6) is -0.444. The fourth-order valence-corrected chi connectivity index (χ4v) is 2.02. The van der Waals surface area contributed by atoms with Gasteiger partial charge in [0.1, 0.15) is 6.61 Å². The number of esters is 1. The molecule has 0 saturated heterocycles. The van der Waals surface area contributed by atoms with E-state index in [1.54, 1.807) is 6.92 Å². The van der Waals surface area contributed by atoms with Crippen molar-refractivity contribution in [2.75, 3.05) is 13.2 Å². The highest BCUT2D eigenvalue weighted by molar-refractivity contribution is 8.13. The third kappa shape index (κ3) is 6.10. The number of benzene rings is 1. The van der Waals surface area contributed by atoms with E-state index in [-0.39, 0.29) is 18.4 Å². The van der Waals surface area contributed by atoms with Gasteiger partial charge in [-0.2, -0.15) is 0 Å². The Labute approximate surface area is 117 Å². The molecule has 1 amide bonds. The van der Waals surface area contributed by atoms with Gasteiger partial charge in [0.2, 0.25) is 0 Å². The molecule has 19 heavy (non-hydrogen) atoms. The topological polar surface area (TPSA) is 55.4 Å². The van der Waals surface area contributed by atoms with Crippen molar-refractivity contribution < 1.29 is 14.3 Å². The molecule has 0 bridgehead atoms. The summed E-state index contributed by atoms with van der Waals surface area (Å²) in [5, 5.41) is 2.49. The van der Waals surface area contributed by atoms with Crippen molar-refractivity contribution in [1.29, 1.82) is 0 Å². The van der Waals surface area contributed by atoms with Gasteiger partial charge in [0.25, 0.3) is 5.24 Å². The molecule has 0 saturated carbocycles. The molecule has 4 nitrogen and oxygen atoms in total. The Morgan fingerprint density at radius 1 is 1.42 bits per heavy atom. The van der Waals surface area contributed by atoms with Crippen LogP contribution in [-0.2, 0) is 9.53 Å². The van der Waals surface area contributed by atoms with E-state index in [0.717, 1.165) is 22.2 Å². The highest BCUT2D eigenvalue weighted by atomic mass is 32.2. The van der Waals surface area contributed by atoms with Gasteiger partial charge in [-0.05, 0) is 37.7 Å². The second kappa shape index (κ2) is 7.63. The average Bonchev–Trinajstić information content (AvgIpc) is 2.34. The van der Waals surface area contributed by atoms with E-state index in [1.165, 1.54) is 0 Å². The van der Waals surface area contributed by atoms with E-state index < -0.39 is 5.97 Å². The molecule has 0 unspecified atom stereocenters. The van der Waals surface area contributed by atoms with Crippen molar-refractivity contribution in [2.24, 2.45) is 0 Å². The molecule has 1 N–H and O–H groups in total. The summed E-state index contributed by atoms with van der Waals surface area (Å²) in [5.41, 5.74) is 1.45. The molecule has 1 aromatic rings. The highest BCUT2D eigenvalue weighted by Crippen LogP contribution is 2.19. The Morgan fingerprint density at radius 2 is 2.16 bits per heavy atom. The normalized spacial score (nSPS) is 9.79. The van der Waals surface area contributed by atoms with Crippen molar-refractivity contribution in [3.8, 4) is 0 Å². The summed E-state index contributed by atoms with van der Waals surface area (Å²) in [6.45, 7) is 7.45. The van der Waals surface area contributed by atoms with E-state index in [1.807, 2.05) is 31.2 Å². The number of rotatable bonds is 5. The molecule has 0 fully saturated rings. The van der Waals surface area contributed by atoms with Crippen LogP contribution in [0.4, 0.5) is 4.79 Å². The number of carbonyl (C=O) groups excluding carboxylic acids is 2. The molecule has 1 aromatic carbocycles. The number of hydrogen-bond acceptors (Lipinski definition) is 4. The van der Waals surface area contributed by atoms with Crippen molar-refractivity contribution >= 4 is 23.0 Å². The van der Waals surface area contributed by atoms with Gasteiger partial charge in [0, 0.05) is 10.5 Å². The summed E-state index contributed by atoms with van der Waals surface area (Å²) in [7, 11) is 0. The predicted molar refractivity (Wildman–Crippen MR) is 76.2 cm³/mol. The van der Waals surface area contributed by atoms with Gasteiger partial charge in [0.05, 0.1) is 6.54 Å². The van der Waals surface area contributed by atoms with Crippen LogP contribution in [0, 0.1) is 6.92 Å². The maximum atomic E-state index is 11.6. The number of amides is 1. The maximum Gasteiger partial charge on any atom is 0.333 e. The van der Waals surface area contributed by atoms with Gasteiger partial charge < -0.3 is 10.1 Å². The Balaban J connectivity index is 2.25. The summed E-state index contributed by atoms with van der Waals surface area (Å²) in [4.78, 5) is 23.6. The van der Waals surface area contributed by atoms with Gasteiger partial charge in [0.15, 0.2) is 0 Å². The molecule has 0 radical (unpaired) electrons. The van der Waals surface area contributed by atoms with Crippen LogP contribution in [0.5, 0.6) is 0 Å². The molecule has 102 valence electrons. The predicted octanol–water partition coefficient (Wildman–Crippen LogP) is 2.92. The van der Waals surface area contributed by atoms with Crippen molar-refractivity contribution in [2.45, 2.75) is 18.7 Å². The smallest absolute Gasteiger partial charge is 0.333 e. The van der Waals surface area contributed by atoms with Crippen LogP contribution in [0.25, 0.3) is 0 Å². The van der Waals surface area contributed by atoms with Gasteiger partial charge in [-0.1, -0.05) is 24.3 Å². The number of aryl methyl sites for hydroxylation is 1. The molecule has 0 aliphatic heterocycles. The van der Waals surface area contributed by atoms with E-state index >= 15 is 0 Å². The van der Waals surface area contributed by atoms with Gasteiger partial charge >= 0.3 is 5.97 Å². The molecule has 0 aliphatic carbocycles. The number of nitrogens with one attached hydrogen (secondary N) is 1. The third-order valence-electron chi connectivity index (χ3n) is 2.15. The molecule has 1 rings (SSSR count). The summed E-state index contributed by atoms with van der Waals surface area (Å²) >= 11 is 1.11. The first kappa shape index (κ1) is 15.3. The molecule has 0 aromatic heterocycles. The highest BCUT2D eigenvalue weighted by Gasteiger charge is 2.05. The zero-order valence-corrected chi connectivity index (χ0v) is 11.9. The number of carbonyl (C=O) groups is 2. The minimum absolute atomic E-state index is 0.145. The lowest BCUT2D eigenvalue weighted by Crippen LogP contribution is -2.24. The number of thioether (sulfide) groups is 1. The third-order valence-corrected chi connectivity index (χ3v) is 2.97. The van der Waals surface area contributed by atoms with Crippen molar-refractivity contribution in [3.05, 3.63) is 42.0 Å². The molecule has 0 aliphatic rings.